The van der Waals surface area contributed by atoms with E-state index in [2.05, 4.69) is 5.32 Å². The lowest BCUT2D eigenvalue weighted by atomic mass is 10.1. The Kier molecular flexibility index (Phi) is 4.30. The predicted molar refractivity (Wildman–Crippen MR) is 69.3 cm³/mol. The molecule has 2 N–H and O–H groups in total. The number of amides is 1. The first-order valence-electron chi connectivity index (χ1n) is 6.53. The molecular weight excluding hydrogens is 303 g/mol. The van der Waals surface area contributed by atoms with Crippen LogP contribution in [0.2, 0.25) is 0 Å². The van der Waals surface area contributed by atoms with Gasteiger partial charge in [-0.1, -0.05) is 6.07 Å². The van der Waals surface area contributed by atoms with Crippen molar-refractivity contribution in [1.29, 1.82) is 0 Å². The molecule has 22 heavy (non-hydrogen) atoms. The Morgan fingerprint density at radius 2 is 2.00 bits per heavy atom. The van der Waals surface area contributed by atoms with E-state index >= 15 is 0 Å². The minimum Gasteiger partial charge on any atom is -0.484 e. The number of benzene rings is 1. The maximum Gasteiger partial charge on any atom is 0.416 e. The van der Waals surface area contributed by atoms with Gasteiger partial charge in [-0.15, -0.1) is 0 Å². The number of halogens is 3. The van der Waals surface area contributed by atoms with E-state index in [9.17, 15) is 22.8 Å². The molecule has 5 nitrogen and oxygen atoms in total. The molecule has 1 aromatic rings. The number of hydrogen-bond acceptors (Lipinski definition) is 3. The smallest absolute Gasteiger partial charge is 0.416 e. The topological polar surface area (TPSA) is 75.6 Å². The first kappa shape index (κ1) is 16.1. The summed E-state index contributed by atoms with van der Waals surface area (Å²) in [4.78, 5) is 22.5. The lowest BCUT2D eigenvalue weighted by Gasteiger charge is -2.12. The highest BCUT2D eigenvalue weighted by molar-refractivity contribution is 5.81. The number of aliphatic carboxylic acids is 1. The van der Waals surface area contributed by atoms with Crippen LogP contribution in [0.15, 0.2) is 24.3 Å². The van der Waals surface area contributed by atoms with Crippen LogP contribution in [0.5, 0.6) is 5.75 Å². The number of rotatable bonds is 6. The normalized spacial score (nSPS) is 16.0. The summed E-state index contributed by atoms with van der Waals surface area (Å²) in [6, 6.07) is 4.19. The van der Waals surface area contributed by atoms with Crippen molar-refractivity contribution in [1.82, 2.24) is 5.32 Å². The molecule has 0 aromatic heterocycles. The molecule has 0 aliphatic heterocycles. The highest BCUT2D eigenvalue weighted by Crippen LogP contribution is 2.45. The summed E-state index contributed by atoms with van der Waals surface area (Å²) in [6.07, 6.45) is -3.49. The van der Waals surface area contributed by atoms with Crippen LogP contribution in [-0.4, -0.2) is 30.1 Å². The van der Waals surface area contributed by atoms with E-state index in [1.807, 2.05) is 0 Å². The Bertz CT molecular complexity index is 582. The lowest BCUT2D eigenvalue weighted by molar-refractivity contribution is -0.143. The molecular formula is C14H14F3NO4. The SMILES string of the molecule is O=C(COc1cccc(C(F)(F)F)c1)NCC1(C(=O)O)CC1. The third-order valence-electron chi connectivity index (χ3n) is 3.46. The van der Waals surface area contributed by atoms with Crippen LogP contribution in [-0.2, 0) is 15.8 Å². The quantitative estimate of drug-likeness (QED) is 0.842. The Labute approximate surface area is 124 Å². The van der Waals surface area contributed by atoms with Gasteiger partial charge >= 0.3 is 12.1 Å². The molecule has 0 atom stereocenters. The first-order chi connectivity index (χ1) is 10.2. The minimum atomic E-state index is -4.48. The summed E-state index contributed by atoms with van der Waals surface area (Å²) >= 11 is 0. The van der Waals surface area contributed by atoms with E-state index < -0.39 is 35.6 Å². The zero-order valence-electron chi connectivity index (χ0n) is 11.4. The average molecular weight is 317 g/mol. The summed E-state index contributed by atoms with van der Waals surface area (Å²) < 4.78 is 42.5. The Balaban J connectivity index is 1.83. The van der Waals surface area contributed by atoms with Crippen molar-refractivity contribution in [2.75, 3.05) is 13.2 Å². The summed E-state index contributed by atoms with van der Waals surface area (Å²) in [5, 5.41) is 11.4. The number of carboxylic acid groups (broad SMARTS) is 1. The summed E-state index contributed by atoms with van der Waals surface area (Å²) in [5.41, 5.74) is -1.76. The van der Waals surface area contributed by atoms with Crippen LogP contribution >= 0.6 is 0 Å². The van der Waals surface area contributed by atoms with Crippen LogP contribution in [0.25, 0.3) is 0 Å². The van der Waals surface area contributed by atoms with Gasteiger partial charge in [0.05, 0.1) is 11.0 Å². The first-order valence-corrected chi connectivity index (χ1v) is 6.53. The van der Waals surface area contributed by atoms with Gasteiger partial charge in [0.25, 0.3) is 5.91 Å². The fourth-order valence-electron chi connectivity index (χ4n) is 1.85. The average Bonchev–Trinajstić information content (AvgIpc) is 3.23. The fraction of sp³-hybridized carbons (Fsp3) is 0.429. The van der Waals surface area contributed by atoms with Gasteiger partial charge in [-0.2, -0.15) is 13.2 Å². The number of hydrogen-bond donors (Lipinski definition) is 2. The van der Waals surface area contributed by atoms with Crippen molar-refractivity contribution in [2.24, 2.45) is 5.41 Å². The monoisotopic (exact) mass is 317 g/mol. The van der Waals surface area contributed by atoms with Gasteiger partial charge in [-0.25, -0.2) is 0 Å². The Morgan fingerprint density at radius 3 is 2.55 bits per heavy atom. The van der Waals surface area contributed by atoms with Gasteiger partial charge in [0.15, 0.2) is 6.61 Å². The molecule has 2 rings (SSSR count). The highest BCUT2D eigenvalue weighted by atomic mass is 19.4. The van der Waals surface area contributed by atoms with Crippen molar-refractivity contribution >= 4 is 11.9 Å². The maximum absolute atomic E-state index is 12.5. The predicted octanol–water partition coefficient (Wildman–Crippen LogP) is 2.07. The second-order valence-electron chi connectivity index (χ2n) is 5.18. The highest BCUT2D eigenvalue weighted by Gasteiger charge is 2.50. The number of ether oxygens (including phenoxy) is 1. The summed E-state index contributed by atoms with van der Waals surface area (Å²) in [5.74, 6) is -1.62. The minimum absolute atomic E-state index is 0.00683. The largest absolute Gasteiger partial charge is 0.484 e. The van der Waals surface area contributed by atoms with Crippen molar-refractivity contribution in [3.05, 3.63) is 29.8 Å². The molecule has 1 aliphatic rings. The van der Waals surface area contributed by atoms with E-state index in [-0.39, 0.29) is 12.3 Å². The molecule has 1 saturated carbocycles. The molecule has 1 amide bonds. The maximum atomic E-state index is 12.5. The van der Waals surface area contributed by atoms with Crippen LogP contribution < -0.4 is 10.1 Å². The van der Waals surface area contributed by atoms with Crippen molar-refractivity contribution in [3.63, 3.8) is 0 Å². The number of carbonyl (C=O) groups excluding carboxylic acids is 1. The number of nitrogens with one attached hydrogen (secondary N) is 1. The van der Waals surface area contributed by atoms with E-state index in [4.69, 9.17) is 9.84 Å². The van der Waals surface area contributed by atoms with Gasteiger partial charge in [-0.05, 0) is 31.0 Å². The molecule has 0 heterocycles. The second-order valence-corrected chi connectivity index (χ2v) is 5.18. The molecule has 0 bridgehead atoms. The molecule has 8 heteroatoms. The van der Waals surface area contributed by atoms with Gasteiger partial charge in [-0.3, -0.25) is 9.59 Å². The Morgan fingerprint density at radius 1 is 1.32 bits per heavy atom. The summed E-state index contributed by atoms with van der Waals surface area (Å²) in [7, 11) is 0. The zero-order chi connectivity index (χ0) is 16.4. The summed E-state index contributed by atoms with van der Waals surface area (Å²) in [6.45, 7) is -0.482. The van der Waals surface area contributed by atoms with Gasteiger partial charge in [0, 0.05) is 6.54 Å². The third kappa shape index (κ3) is 3.90. The van der Waals surface area contributed by atoms with E-state index in [0.29, 0.717) is 12.8 Å². The third-order valence-corrected chi connectivity index (χ3v) is 3.46. The van der Waals surface area contributed by atoms with Gasteiger partial charge in [0.2, 0.25) is 0 Å². The van der Waals surface area contributed by atoms with Crippen molar-refractivity contribution in [2.45, 2.75) is 19.0 Å². The molecule has 0 radical (unpaired) electrons. The molecule has 0 unspecified atom stereocenters. The molecule has 0 saturated heterocycles. The molecule has 1 aliphatic carbocycles. The standard InChI is InChI=1S/C14H14F3NO4/c15-14(16,17)9-2-1-3-10(6-9)22-7-11(19)18-8-13(4-5-13)12(20)21/h1-3,6H,4-5,7-8H2,(H,18,19)(H,20,21). The zero-order valence-corrected chi connectivity index (χ0v) is 11.4. The van der Waals surface area contributed by atoms with Gasteiger partial charge in [0.1, 0.15) is 5.75 Å². The fourth-order valence-corrected chi connectivity index (χ4v) is 1.85. The van der Waals surface area contributed by atoms with Crippen molar-refractivity contribution < 1.29 is 32.6 Å². The van der Waals surface area contributed by atoms with E-state index in [1.165, 1.54) is 12.1 Å². The molecule has 1 fully saturated rings. The molecule has 1 aromatic carbocycles. The number of carboxylic acids is 1. The van der Waals surface area contributed by atoms with Gasteiger partial charge < -0.3 is 15.2 Å². The number of carbonyl (C=O) groups is 2. The lowest BCUT2D eigenvalue weighted by Crippen LogP contribution is -2.36. The van der Waals surface area contributed by atoms with Crippen LogP contribution in [0.3, 0.4) is 0 Å². The van der Waals surface area contributed by atoms with Crippen LogP contribution in [0, 0.1) is 5.41 Å². The van der Waals surface area contributed by atoms with Crippen molar-refractivity contribution in [3.8, 4) is 5.75 Å². The molecule has 0 spiro atoms. The van der Waals surface area contributed by atoms with E-state index in [0.717, 1.165) is 12.1 Å². The van der Waals surface area contributed by atoms with E-state index in [1.54, 1.807) is 0 Å². The second kappa shape index (κ2) is 5.86. The molecule has 120 valence electrons. The Hall–Kier alpha value is -2.25. The van der Waals surface area contributed by atoms with Crippen LogP contribution in [0.4, 0.5) is 13.2 Å². The van der Waals surface area contributed by atoms with Crippen LogP contribution in [0.1, 0.15) is 18.4 Å². The number of alkyl halides is 3.